The van der Waals surface area contributed by atoms with Crippen LogP contribution in [0.2, 0.25) is 0 Å². The molecule has 1 aromatic carbocycles. The molecule has 3 aromatic rings. The first-order valence-electron chi connectivity index (χ1n) is 8.23. The van der Waals surface area contributed by atoms with Crippen LogP contribution >= 0.6 is 0 Å². The van der Waals surface area contributed by atoms with Crippen LogP contribution in [0, 0.1) is 26.7 Å². The minimum atomic E-state index is -0.0897. The third kappa shape index (κ3) is 3.04. The molecule has 0 radical (unpaired) electrons. The van der Waals surface area contributed by atoms with Crippen molar-refractivity contribution in [2.75, 3.05) is 5.32 Å². The van der Waals surface area contributed by atoms with Crippen molar-refractivity contribution in [2.45, 2.75) is 34.6 Å². The van der Waals surface area contributed by atoms with E-state index in [0.717, 1.165) is 28.3 Å². The second-order valence-electron chi connectivity index (χ2n) is 6.76. The summed E-state index contributed by atoms with van der Waals surface area (Å²) in [7, 11) is 0. The third-order valence-electron chi connectivity index (χ3n) is 4.04. The molecule has 0 fully saturated rings. The van der Waals surface area contributed by atoms with Gasteiger partial charge in [0.05, 0.1) is 0 Å². The van der Waals surface area contributed by atoms with E-state index in [-0.39, 0.29) is 11.8 Å². The van der Waals surface area contributed by atoms with Gasteiger partial charge in [-0.2, -0.15) is 0 Å². The lowest BCUT2D eigenvalue weighted by atomic mass is 10.0. The van der Waals surface area contributed by atoms with E-state index in [4.69, 9.17) is 4.98 Å². The third-order valence-corrected chi connectivity index (χ3v) is 4.04. The standard InChI is InChI=1S/C20H23N3O/c1-12(2)20(24)22-19-18(16-9-14(4)8-15(5)10-16)21-17-11-13(3)6-7-23(17)19/h6-12H,1-5H3,(H,22,24). The Morgan fingerprint density at radius 1 is 1.04 bits per heavy atom. The molecule has 0 aliphatic rings. The van der Waals surface area contributed by atoms with Gasteiger partial charge in [0.15, 0.2) is 0 Å². The zero-order valence-corrected chi connectivity index (χ0v) is 14.8. The van der Waals surface area contributed by atoms with Crippen LogP contribution in [0.4, 0.5) is 5.82 Å². The quantitative estimate of drug-likeness (QED) is 0.771. The molecule has 0 aliphatic carbocycles. The predicted octanol–water partition coefficient (Wildman–Crippen LogP) is 4.52. The van der Waals surface area contributed by atoms with Crippen LogP contribution in [0.1, 0.15) is 30.5 Å². The van der Waals surface area contributed by atoms with Crippen molar-refractivity contribution in [3.63, 3.8) is 0 Å². The number of rotatable bonds is 3. The van der Waals surface area contributed by atoms with Crippen LogP contribution in [0.3, 0.4) is 0 Å². The van der Waals surface area contributed by atoms with Crippen LogP contribution in [-0.2, 0) is 4.79 Å². The zero-order chi connectivity index (χ0) is 17.4. The van der Waals surface area contributed by atoms with Gasteiger partial charge in [0.2, 0.25) is 5.91 Å². The first-order chi connectivity index (χ1) is 11.3. The van der Waals surface area contributed by atoms with Crippen molar-refractivity contribution in [2.24, 2.45) is 5.92 Å². The molecule has 2 aromatic heterocycles. The molecule has 0 spiro atoms. The highest BCUT2D eigenvalue weighted by Crippen LogP contribution is 2.30. The molecule has 0 atom stereocenters. The maximum atomic E-state index is 12.3. The van der Waals surface area contributed by atoms with Crippen molar-refractivity contribution >= 4 is 17.4 Å². The number of nitrogens with one attached hydrogen (secondary N) is 1. The number of benzene rings is 1. The number of hydrogen-bond acceptors (Lipinski definition) is 2. The maximum Gasteiger partial charge on any atom is 0.228 e. The molecule has 1 N–H and O–H groups in total. The monoisotopic (exact) mass is 321 g/mol. The topological polar surface area (TPSA) is 46.4 Å². The molecule has 2 heterocycles. The fourth-order valence-electron chi connectivity index (χ4n) is 2.84. The average molecular weight is 321 g/mol. The molecule has 24 heavy (non-hydrogen) atoms. The Hall–Kier alpha value is -2.62. The Bertz CT molecular complexity index is 902. The highest BCUT2D eigenvalue weighted by molar-refractivity contribution is 5.95. The number of carbonyl (C=O) groups excluding carboxylic acids is 1. The largest absolute Gasteiger partial charge is 0.310 e. The second-order valence-corrected chi connectivity index (χ2v) is 6.76. The van der Waals surface area contributed by atoms with E-state index in [0.29, 0.717) is 0 Å². The summed E-state index contributed by atoms with van der Waals surface area (Å²) in [5.41, 5.74) is 6.16. The van der Waals surface area contributed by atoms with Crippen molar-refractivity contribution < 1.29 is 4.79 Å². The van der Waals surface area contributed by atoms with E-state index in [1.54, 1.807) is 0 Å². The van der Waals surface area contributed by atoms with Gasteiger partial charge in [-0.25, -0.2) is 4.98 Å². The summed E-state index contributed by atoms with van der Waals surface area (Å²) >= 11 is 0. The van der Waals surface area contributed by atoms with Gasteiger partial charge in [-0.15, -0.1) is 0 Å². The number of fused-ring (bicyclic) bond motifs is 1. The fourth-order valence-corrected chi connectivity index (χ4v) is 2.84. The van der Waals surface area contributed by atoms with Crippen LogP contribution in [-0.4, -0.2) is 15.3 Å². The number of carbonyl (C=O) groups is 1. The first-order valence-corrected chi connectivity index (χ1v) is 8.23. The first kappa shape index (κ1) is 16.2. The van der Waals surface area contributed by atoms with Gasteiger partial charge >= 0.3 is 0 Å². The zero-order valence-electron chi connectivity index (χ0n) is 14.8. The Morgan fingerprint density at radius 2 is 1.71 bits per heavy atom. The molecular weight excluding hydrogens is 298 g/mol. The highest BCUT2D eigenvalue weighted by Gasteiger charge is 2.18. The molecule has 1 amide bonds. The fraction of sp³-hybridized carbons (Fsp3) is 0.300. The summed E-state index contributed by atoms with van der Waals surface area (Å²) in [6.45, 7) is 9.96. The molecule has 3 rings (SSSR count). The predicted molar refractivity (Wildman–Crippen MR) is 98.3 cm³/mol. The normalized spacial score (nSPS) is 11.2. The van der Waals surface area contributed by atoms with Gasteiger partial charge < -0.3 is 5.32 Å². The van der Waals surface area contributed by atoms with E-state index in [9.17, 15) is 4.79 Å². The summed E-state index contributed by atoms with van der Waals surface area (Å²) in [6, 6.07) is 10.4. The Labute approximate surface area is 142 Å². The Kier molecular flexibility index (Phi) is 4.14. The lowest BCUT2D eigenvalue weighted by Gasteiger charge is -2.10. The van der Waals surface area contributed by atoms with E-state index in [1.807, 2.05) is 43.5 Å². The molecule has 0 saturated heterocycles. The van der Waals surface area contributed by atoms with Gasteiger partial charge in [0.1, 0.15) is 17.2 Å². The van der Waals surface area contributed by atoms with E-state index in [1.165, 1.54) is 11.1 Å². The lowest BCUT2D eigenvalue weighted by Crippen LogP contribution is -2.19. The van der Waals surface area contributed by atoms with Gasteiger partial charge in [-0.05, 0) is 50.6 Å². The molecule has 4 nitrogen and oxygen atoms in total. The maximum absolute atomic E-state index is 12.3. The number of pyridine rings is 1. The summed E-state index contributed by atoms with van der Waals surface area (Å²) in [5, 5.41) is 3.05. The summed E-state index contributed by atoms with van der Waals surface area (Å²) in [6.07, 6.45) is 1.96. The molecule has 4 heteroatoms. The molecule has 124 valence electrons. The summed E-state index contributed by atoms with van der Waals surface area (Å²) in [4.78, 5) is 17.1. The number of nitrogens with zero attached hydrogens (tertiary/aromatic N) is 2. The van der Waals surface area contributed by atoms with Gasteiger partial charge in [0, 0.05) is 17.7 Å². The number of aromatic nitrogens is 2. The van der Waals surface area contributed by atoms with Crippen LogP contribution in [0.5, 0.6) is 0 Å². The van der Waals surface area contributed by atoms with Crippen LogP contribution < -0.4 is 5.32 Å². The van der Waals surface area contributed by atoms with E-state index >= 15 is 0 Å². The summed E-state index contributed by atoms with van der Waals surface area (Å²) in [5.74, 6) is 0.629. The van der Waals surface area contributed by atoms with Crippen LogP contribution in [0.15, 0.2) is 36.5 Å². The van der Waals surface area contributed by atoms with Crippen LogP contribution in [0.25, 0.3) is 16.9 Å². The molecule has 0 aliphatic heterocycles. The number of anilines is 1. The van der Waals surface area contributed by atoms with Gasteiger partial charge in [-0.1, -0.05) is 31.0 Å². The number of amides is 1. The van der Waals surface area contributed by atoms with E-state index < -0.39 is 0 Å². The van der Waals surface area contributed by atoms with Crippen molar-refractivity contribution in [3.8, 4) is 11.3 Å². The number of aryl methyl sites for hydroxylation is 3. The number of imidazole rings is 1. The minimum absolute atomic E-state index is 0.0111. The highest BCUT2D eigenvalue weighted by atomic mass is 16.1. The van der Waals surface area contributed by atoms with Crippen molar-refractivity contribution in [1.29, 1.82) is 0 Å². The van der Waals surface area contributed by atoms with Crippen molar-refractivity contribution in [1.82, 2.24) is 9.38 Å². The second kappa shape index (κ2) is 6.11. The average Bonchev–Trinajstić information content (AvgIpc) is 2.84. The Balaban J connectivity index is 2.23. The molecular formula is C20H23N3O. The Morgan fingerprint density at radius 3 is 2.33 bits per heavy atom. The minimum Gasteiger partial charge on any atom is -0.310 e. The lowest BCUT2D eigenvalue weighted by molar-refractivity contribution is -0.118. The van der Waals surface area contributed by atoms with E-state index in [2.05, 4.69) is 37.4 Å². The molecule has 0 bridgehead atoms. The smallest absolute Gasteiger partial charge is 0.228 e. The van der Waals surface area contributed by atoms with Gasteiger partial charge in [-0.3, -0.25) is 9.20 Å². The van der Waals surface area contributed by atoms with Crippen molar-refractivity contribution in [3.05, 3.63) is 53.2 Å². The number of hydrogen-bond donors (Lipinski definition) is 1. The molecule has 0 saturated carbocycles. The molecule has 0 unspecified atom stereocenters. The SMILES string of the molecule is Cc1cc(C)cc(-c2nc3cc(C)ccn3c2NC(=O)C(C)C)c1. The summed E-state index contributed by atoms with van der Waals surface area (Å²) < 4.78 is 1.94. The van der Waals surface area contributed by atoms with Gasteiger partial charge in [0.25, 0.3) is 0 Å².